The van der Waals surface area contributed by atoms with Gasteiger partial charge in [-0.15, -0.1) is 0 Å². The molecule has 0 spiro atoms. The van der Waals surface area contributed by atoms with E-state index in [1.807, 2.05) is 42.2 Å². The van der Waals surface area contributed by atoms with Gasteiger partial charge in [-0.1, -0.05) is 13.0 Å². The van der Waals surface area contributed by atoms with Gasteiger partial charge in [-0.05, 0) is 31.5 Å². The molecule has 1 amide bonds. The molecule has 0 aliphatic heterocycles. The van der Waals surface area contributed by atoms with Crippen LogP contribution in [0.25, 0.3) is 0 Å². The van der Waals surface area contributed by atoms with E-state index >= 15 is 0 Å². The molecule has 0 radical (unpaired) electrons. The Kier molecular flexibility index (Phi) is 4.83. The van der Waals surface area contributed by atoms with Crippen molar-refractivity contribution in [2.75, 3.05) is 10.6 Å². The van der Waals surface area contributed by atoms with E-state index in [9.17, 15) is 4.79 Å². The second-order valence-corrected chi connectivity index (χ2v) is 5.98. The average molecular weight is 338 g/mol. The van der Waals surface area contributed by atoms with Gasteiger partial charge in [0.05, 0.1) is 24.1 Å². The maximum atomic E-state index is 12.6. The van der Waals surface area contributed by atoms with E-state index in [2.05, 4.69) is 34.7 Å². The Labute approximate surface area is 146 Å². The van der Waals surface area contributed by atoms with E-state index in [0.717, 1.165) is 17.8 Å². The Bertz CT molecular complexity index is 866. The van der Waals surface area contributed by atoms with Crippen molar-refractivity contribution in [3.05, 3.63) is 54.5 Å². The van der Waals surface area contributed by atoms with Crippen molar-refractivity contribution in [2.24, 2.45) is 7.05 Å². The summed E-state index contributed by atoms with van der Waals surface area (Å²) in [5.74, 6) is 0.532. The third-order valence-electron chi connectivity index (χ3n) is 4.04. The van der Waals surface area contributed by atoms with E-state index in [1.54, 1.807) is 23.1 Å². The maximum absolute atomic E-state index is 12.6. The summed E-state index contributed by atoms with van der Waals surface area (Å²) < 4.78 is 3.55. The zero-order valence-corrected chi connectivity index (χ0v) is 14.6. The van der Waals surface area contributed by atoms with Gasteiger partial charge in [-0.25, -0.2) is 4.68 Å². The Morgan fingerprint density at radius 2 is 2.08 bits per heavy atom. The molecule has 3 aromatic rings. The average Bonchev–Trinajstić information content (AvgIpc) is 3.23. The lowest BCUT2D eigenvalue weighted by atomic mass is 10.2. The number of amides is 1. The van der Waals surface area contributed by atoms with Gasteiger partial charge in [0.1, 0.15) is 5.82 Å². The minimum absolute atomic E-state index is 0.167. The number of benzene rings is 1. The summed E-state index contributed by atoms with van der Waals surface area (Å²) in [6.45, 7) is 4.16. The summed E-state index contributed by atoms with van der Waals surface area (Å²) in [6.07, 6.45) is 6.24. The maximum Gasteiger partial charge on any atom is 0.256 e. The highest BCUT2D eigenvalue weighted by Gasteiger charge is 2.13. The third-order valence-corrected chi connectivity index (χ3v) is 4.04. The highest BCUT2D eigenvalue weighted by molar-refractivity contribution is 6.04. The van der Waals surface area contributed by atoms with Crippen LogP contribution in [0.3, 0.4) is 0 Å². The summed E-state index contributed by atoms with van der Waals surface area (Å²) in [5.41, 5.74) is 2.27. The Hall–Kier alpha value is -3.09. The number of hydrogen-bond donors (Lipinski definition) is 2. The lowest BCUT2D eigenvalue weighted by Gasteiger charge is -2.14. The first kappa shape index (κ1) is 16.8. The van der Waals surface area contributed by atoms with Crippen LogP contribution in [-0.2, 0) is 7.05 Å². The molecule has 1 aromatic carbocycles. The molecule has 0 unspecified atom stereocenters. The number of anilines is 3. The number of hydrogen-bond acceptors (Lipinski definition) is 4. The monoisotopic (exact) mass is 338 g/mol. The van der Waals surface area contributed by atoms with Crippen molar-refractivity contribution in [2.45, 2.75) is 26.3 Å². The Morgan fingerprint density at radius 1 is 1.24 bits per heavy atom. The van der Waals surface area contributed by atoms with Gasteiger partial charge in [-0.3, -0.25) is 9.48 Å². The molecule has 2 heterocycles. The van der Waals surface area contributed by atoms with Gasteiger partial charge in [0.15, 0.2) is 0 Å². The van der Waals surface area contributed by atoms with E-state index in [0.29, 0.717) is 11.4 Å². The fourth-order valence-corrected chi connectivity index (χ4v) is 2.52. The predicted octanol–water partition coefficient (Wildman–Crippen LogP) is 3.58. The summed E-state index contributed by atoms with van der Waals surface area (Å²) in [6, 6.07) is 9.39. The largest absolute Gasteiger partial charge is 0.353 e. The van der Waals surface area contributed by atoms with E-state index < -0.39 is 0 Å². The second-order valence-electron chi connectivity index (χ2n) is 5.98. The topological polar surface area (TPSA) is 76.8 Å². The van der Waals surface area contributed by atoms with Gasteiger partial charge >= 0.3 is 0 Å². The molecule has 0 bridgehead atoms. The quantitative estimate of drug-likeness (QED) is 0.720. The van der Waals surface area contributed by atoms with Crippen molar-refractivity contribution >= 4 is 23.1 Å². The lowest BCUT2D eigenvalue weighted by molar-refractivity contribution is 0.102. The Balaban J connectivity index is 1.74. The minimum atomic E-state index is -0.167. The molecule has 0 saturated carbocycles. The first-order valence-electron chi connectivity index (χ1n) is 8.27. The number of aryl methyl sites for hydroxylation is 1. The van der Waals surface area contributed by atoms with Gasteiger partial charge in [-0.2, -0.15) is 10.2 Å². The number of nitrogens with one attached hydrogen (secondary N) is 2. The van der Waals surface area contributed by atoms with Crippen LogP contribution in [0.5, 0.6) is 0 Å². The molecule has 7 nitrogen and oxygen atoms in total. The van der Waals surface area contributed by atoms with Crippen molar-refractivity contribution < 1.29 is 4.79 Å². The highest BCUT2D eigenvalue weighted by Crippen LogP contribution is 2.20. The zero-order chi connectivity index (χ0) is 17.8. The molecule has 1 atom stereocenters. The van der Waals surface area contributed by atoms with Crippen LogP contribution in [0.4, 0.5) is 17.2 Å². The molecule has 25 heavy (non-hydrogen) atoms. The summed E-state index contributed by atoms with van der Waals surface area (Å²) in [4.78, 5) is 12.6. The van der Waals surface area contributed by atoms with Gasteiger partial charge in [0.25, 0.3) is 5.91 Å². The number of nitrogens with zero attached hydrogens (tertiary/aromatic N) is 4. The van der Waals surface area contributed by atoms with Crippen LogP contribution in [0.15, 0.2) is 48.9 Å². The van der Waals surface area contributed by atoms with Crippen LogP contribution >= 0.6 is 0 Å². The molecule has 0 fully saturated rings. The van der Waals surface area contributed by atoms with Gasteiger partial charge in [0.2, 0.25) is 0 Å². The molecular formula is C18H22N6O. The van der Waals surface area contributed by atoms with Crippen molar-refractivity contribution in [1.29, 1.82) is 0 Å². The van der Waals surface area contributed by atoms with Gasteiger partial charge < -0.3 is 10.6 Å². The molecule has 0 saturated heterocycles. The first-order chi connectivity index (χ1) is 12.1. The molecule has 130 valence electrons. The van der Waals surface area contributed by atoms with E-state index in [1.165, 1.54) is 0 Å². The van der Waals surface area contributed by atoms with Crippen LogP contribution in [0.2, 0.25) is 0 Å². The van der Waals surface area contributed by atoms with Crippen LogP contribution in [-0.4, -0.2) is 25.5 Å². The predicted molar refractivity (Wildman–Crippen MR) is 98.1 cm³/mol. The zero-order valence-electron chi connectivity index (χ0n) is 14.6. The second kappa shape index (κ2) is 7.21. The number of aromatic nitrogens is 4. The molecule has 0 aliphatic rings. The summed E-state index contributed by atoms with van der Waals surface area (Å²) in [7, 11) is 1.86. The molecular weight excluding hydrogens is 316 g/mol. The molecule has 2 N–H and O–H groups in total. The molecule has 7 heteroatoms. The number of carbonyl (C=O) groups excluding carboxylic acids is 1. The smallest absolute Gasteiger partial charge is 0.256 e. The van der Waals surface area contributed by atoms with E-state index in [4.69, 9.17) is 0 Å². The fraction of sp³-hybridized carbons (Fsp3) is 0.278. The first-order valence-corrected chi connectivity index (χ1v) is 8.27. The van der Waals surface area contributed by atoms with E-state index in [-0.39, 0.29) is 11.9 Å². The fourth-order valence-electron chi connectivity index (χ4n) is 2.52. The number of carbonyl (C=O) groups is 1. The van der Waals surface area contributed by atoms with Crippen LogP contribution in [0.1, 0.15) is 36.7 Å². The Morgan fingerprint density at radius 3 is 2.80 bits per heavy atom. The van der Waals surface area contributed by atoms with Crippen LogP contribution < -0.4 is 10.6 Å². The summed E-state index contributed by atoms with van der Waals surface area (Å²) >= 11 is 0. The third kappa shape index (κ3) is 3.88. The standard InChI is InChI=1S/C18H22N6O/c1-4-13(2)24-17(8-9-19-24)22-18(25)14-6-5-7-15(10-14)21-16-11-20-23(3)12-16/h5-13,21H,4H2,1-3H3,(H,22,25)/t13-/m0/s1. The summed E-state index contributed by atoms with van der Waals surface area (Å²) in [5, 5.41) is 14.6. The minimum Gasteiger partial charge on any atom is -0.353 e. The number of rotatable bonds is 6. The molecule has 0 aliphatic carbocycles. The van der Waals surface area contributed by atoms with Crippen molar-refractivity contribution in [3.8, 4) is 0 Å². The molecule has 3 rings (SSSR count). The van der Waals surface area contributed by atoms with Gasteiger partial charge in [0, 0.05) is 30.6 Å². The lowest BCUT2D eigenvalue weighted by Crippen LogP contribution is -2.17. The SMILES string of the molecule is CC[C@H](C)n1nccc1NC(=O)c1cccc(Nc2cnn(C)c2)c1. The van der Waals surface area contributed by atoms with Crippen LogP contribution in [0, 0.1) is 0 Å². The normalized spacial score (nSPS) is 12.0. The van der Waals surface area contributed by atoms with Crippen molar-refractivity contribution in [3.63, 3.8) is 0 Å². The molecule has 2 aromatic heterocycles. The van der Waals surface area contributed by atoms with Crippen molar-refractivity contribution in [1.82, 2.24) is 19.6 Å². The highest BCUT2D eigenvalue weighted by atomic mass is 16.1.